The molecule has 97 valence electrons. The number of likely N-dealkylation sites (N-methyl/N-ethyl adjacent to an activating group) is 1. The Kier molecular flexibility index (Phi) is 4.48. The average Bonchev–Trinajstić information content (AvgIpc) is 2.28. The molecule has 4 heteroatoms. The Morgan fingerprint density at radius 1 is 1.28 bits per heavy atom. The number of para-hydroxylation sites is 1. The van der Waals surface area contributed by atoms with Crippen LogP contribution in [0.25, 0.3) is 0 Å². The molecule has 1 aromatic rings. The molecule has 0 aliphatic carbocycles. The number of rotatable bonds is 4. The number of carbonyl (C=O) groups is 1. The van der Waals surface area contributed by atoms with Crippen LogP contribution in [0.1, 0.15) is 20.8 Å². The van der Waals surface area contributed by atoms with Gasteiger partial charge in [-0.1, -0.05) is 18.2 Å². The maximum atomic E-state index is 11.9. The van der Waals surface area contributed by atoms with Gasteiger partial charge in [0.2, 0.25) is 6.29 Å². The van der Waals surface area contributed by atoms with E-state index in [0.29, 0.717) is 0 Å². The standard InChI is InChI=1S/C14H18NO3/c1-14(2,3)18-13(17)12(10-16)15(4)11-8-6-5-7-9-11/h5-9,12H,1-4H3/t12-/m1/s1. The Balaban J connectivity index is 2.84. The zero-order valence-electron chi connectivity index (χ0n) is 11.1. The van der Waals surface area contributed by atoms with Gasteiger partial charge in [-0.2, -0.15) is 0 Å². The van der Waals surface area contributed by atoms with Crippen LogP contribution in [0.15, 0.2) is 30.3 Å². The quantitative estimate of drug-likeness (QED) is 0.603. The van der Waals surface area contributed by atoms with Crippen LogP contribution in [0.3, 0.4) is 0 Å². The van der Waals surface area contributed by atoms with Crippen molar-refractivity contribution in [1.29, 1.82) is 0 Å². The molecule has 0 aromatic heterocycles. The molecular weight excluding hydrogens is 230 g/mol. The smallest absolute Gasteiger partial charge is 0.337 e. The van der Waals surface area contributed by atoms with Gasteiger partial charge in [-0.25, -0.2) is 4.79 Å². The minimum Gasteiger partial charge on any atom is -0.458 e. The number of anilines is 1. The van der Waals surface area contributed by atoms with Gasteiger partial charge in [-0.15, -0.1) is 0 Å². The fourth-order valence-electron chi connectivity index (χ4n) is 1.46. The largest absolute Gasteiger partial charge is 0.458 e. The third-order valence-corrected chi connectivity index (χ3v) is 2.29. The van der Waals surface area contributed by atoms with Gasteiger partial charge in [-0.3, -0.25) is 4.79 Å². The number of hydrogen-bond acceptors (Lipinski definition) is 4. The summed E-state index contributed by atoms with van der Waals surface area (Å²) < 4.78 is 5.19. The van der Waals surface area contributed by atoms with Gasteiger partial charge in [-0.05, 0) is 32.9 Å². The predicted octanol–water partition coefficient (Wildman–Crippen LogP) is 1.94. The maximum Gasteiger partial charge on any atom is 0.337 e. The van der Waals surface area contributed by atoms with Crippen molar-refractivity contribution in [3.63, 3.8) is 0 Å². The van der Waals surface area contributed by atoms with Crippen molar-refractivity contribution in [2.75, 3.05) is 11.9 Å². The molecule has 0 amide bonds. The fourth-order valence-corrected chi connectivity index (χ4v) is 1.46. The molecule has 0 unspecified atom stereocenters. The van der Waals surface area contributed by atoms with Gasteiger partial charge in [0.1, 0.15) is 5.60 Å². The third-order valence-electron chi connectivity index (χ3n) is 2.29. The molecule has 0 saturated carbocycles. The van der Waals surface area contributed by atoms with Crippen molar-refractivity contribution < 1.29 is 14.3 Å². The Morgan fingerprint density at radius 3 is 2.28 bits per heavy atom. The molecule has 4 nitrogen and oxygen atoms in total. The van der Waals surface area contributed by atoms with Crippen molar-refractivity contribution in [2.24, 2.45) is 0 Å². The molecule has 0 saturated heterocycles. The molecule has 0 heterocycles. The van der Waals surface area contributed by atoms with Crippen molar-refractivity contribution in [2.45, 2.75) is 32.4 Å². The molecule has 0 N–H and O–H groups in total. The monoisotopic (exact) mass is 248 g/mol. The lowest BCUT2D eigenvalue weighted by molar-refractivity contribution is -0.154. The van der Waals surface area contributed by atoms with E-state index in [-0.39, 0.29) is 0 Å². The molecule has 0 aliphatic rings. The summed E-state index contributed by atoms with van der Waals surface area (Å²) in [5.41, 5.74) is 0.140. The number of ether oxygens (including phenoxy) is 1. The highest BCUT2D eigenvalue weighted by Crippen LogP contribution is 2.16. The van der Waals surface area contributed by atoms with E-state index in [0.717, 1.165) is 5.69 Å². The normalized spacial score (nSPS) is 12.7. The molecule has 1 atom stereocenters. The van der Waals surface area contributed by atoms with Crippen molar-refractivity contribution in [3.05, 3.63) is 30.3 Å². The summed E-state index contributed by atoms with van der Waals surface area (Å²) in [7, 11) is 1.66. The van der Waals surface area contributed by atoms with Crippen molar-refractivity contribution >= 4 is 17.9 Å². The second kappa shape index (κ2) is 5.67. The van der Waals surface area contributed by atoms with Crippen LogP contribution in [0.5, 0.6) is 0 Å². The lowest BCUT2D eigenvalue weighted by Gasteiger charge is -2.27. The minimum atomic E-state index is -1.05. The highest BCUT2D eigenvalue weighted by atomic mass is 16.6. The molecule has 1 rings (SSSR count). The zero-order chi connectivity index (χ0) is 13.8. The summed E-state index contributed by atoms with van der Waals surface area (Å²) in [6.07, 6.45) is 1.72. The van der Waals surface area contributed by atoms with Gasteiger partial charge >= 0.3 is 5.97 Å². The topological polar surface area (TPSA) is 46.6 Å². The Bertz CT molecular complexity index is 409. The molecule has 0 bridgehead atoms. The van der Waals surface area contributed by atoms with E-state index >= 15 is 0 Å². The van der Waals surface area contributed by atoms with E-state index in [1.165, 1.54) is 0 Å². The number of benzene rings is 1. The first-order valence-electron chi connectivity index (χ1n) is 5.73. The van der Waals surface area contributed by atoms with Crippen LogP contribution in [0.2, 0.25) is 0 Å². The van der Waals surface area contributed by atoms with E-state index in [1.807, 2.05) is 30.3 Å². The lowest BCUT2D eigenvalue weighted by atomic mass is 10.2. The Labute approximate surface area is 108 Å². The van der Waals surface area contributed by atoms with Gasteiger partial charge in [0, 0.05) is 12.7 Å². The number of carbonyl (C=O) groups excluding carboxylic acids is 2. The van der Waals surface area contributed by atoms with Gasteiger partial charge < -0.3 is 9.64 Å². The van der Waals surface area contributed by atoms with E-state index < -0.39 is 17.6 Å². The number of esters is 1. The Morgan fingerprint density at radius 2 is 1.83 bits per heavy atom. The van der Waals surface area contributed by atoms with Crippen LogP contribution in [0, 0.1) is 0 Å². The highest BCUT2D eigenvalue weighted by molar-refractivity contribution is 5.96. The maximum absolute atomic E-state index is 11.9. The van der Waals surface area contributed by atoms with Crippen LogP contribution in [-0.4, -0.2) is 30.9 Å². The molecule has 0 spiro atoms. The summed E-state index contributed by atoms with van der Waals surface area (Å²) >= 11 is 0. The predicted molar refractivity (Wildman–Crippen MR) is 70.2 cm³/mol. The molecule has 0 aliphatic heterocycles. The fraction of sp³-hybridized carbons (Fsp3) is 0.429. The van der Waals surface area contributed by atoms with Gasteiger partial charge in [0.05, 0.1) is 0 Å². The van der Waals surface area contributed by atoms with E-state index in [9.17, 15) is 9.59 Å². The molecule has 1 aromatic carbocycles. The SMILES string of the molecule is CN(c1ccccc1)[C@H]([C]=O)C(=O)OC(C)(C)C. The Hall–Kier alpha value is -1.84. The highest BCUT2D eigenvalue weighted by Gasteiger charge is 2.29. The summed E-state index contributed by atoms with van der Waals surface area (Å²) in [6.45, 7) is 5.28. The molecule has 0 fully saturated rings. The van der Waals surface area contributed by atoms with Gasteiger partial charge in [0.25, 0.3) is 0 Å². The van der Waals surface area contributed by atoms with Crippen LogP contribution >= 0.6 is 0 Å². The van der Waals surface area contributed by atoms with Crippen molar-refractivity contribution in [3.8, 4) is 0 Å². The van der Waals surface area contributed by atoms with Crippen molar-refractivity contribution in [1.82, 2.24) is 0 Å². The second-order valence-electron chi connectivity index (χ2n) is 5.00. The summed E-state index contributed by atoms with van der Waals surface area (Å²) in [4.78, 5) is 24.4. The van der Waals surface area contributed by atoms with Gasteiger partial charge in [0.15, 0.2) is 6.04 Å². The average molecular weight is 248 g/mol. The zero-order valence-corrected chi connectivity index (χ0v) is 11.1. The van der Waals surface area contributed by atoms with E-state index in [1.54, 1.807) is 39.0 Å². The molecular formula is C14H18NO3. The summed E-state index contributed by atoms with van der Waals surface area (Å²) in [6, 6.07) is 8.12. The lowest BCUT2D eigenvalue weighted by Crippen LogP contribution is -2.43. The molecule has 1 radical (unpaired) electrons. The van der Waals surface area contributed by atoms with E-state index in [2.05, 4.69) is 0 Å². The molecule has 18 heavy (non-hydrogen) atoms. The van der Waals surface area contributed by atoms with E-state index in [4.69, 9.17) is 4.74 Å². The number of nitrogens with zero attached hydrogens (tertiary/aromatic N) is 1. The first-order chi connectivity index (χ1) is 8.35. The van der Waals surface area contributed by atoms with Crippen LogP contribution in [-0.2, 0) is 14.3 Å². The first kappa shape index (κ1) is 14.2. The summed E-state index contributed by atoms with van der Waals surface area (Å²) in [5, 5.41) is 0. The third kappa shape index (κ3) is 3.87. The summed E-state index contributed by atoms with van der Waals surface area (Å²) in [5.74, 6) is -0.594. The minimum absolute atomic E-state index is 0.594. The van der Waals surface area contributed by atoms with Crippen LogP contribution < -0.4 is 4.90 Å². The van der Waals surface area contributed by atoms with Crippen LogP contribution in [0.4, 0.5) is 5.69 Å². The number of hydrogen-bond donors (Lipinski definition) is 0. The first-order valence-corrected chi connectivity index (χ1v) is 5.73. The second-order valence-corrected chi connectivity index (χ2v) is 5.00.